The maximum absolute atomic E-state index is 5.72. The topological polar surface area (TPSA) is 43.6 Å². The highest BCUT2D eigenvalue weighted by Gasteiger charge is 2.09. The smallest absolute Gasteiger partial charge is 0.118 e. The maximum Gasteiger partial charge on any atom is 0.118 e. The number of hydrogen-bond donors (Lipinski definition) is 1. The number of hydrogen-bond acceptors (Lipinski definition) is 4. The molecule has 1 unspecified atom stereocenters. The molecular weight excluding hydrogens is 230 g/mol. The molecule has 1 heterocycles. The highest BCUT2D eigenvalue weighted by atomic mass is 16.5. The van der Waals surface area contributed by atoms with E-state index in [1.165, 1.54) is 0 Å². The van der Waals surface area contributed by atoms with Crippen molar-refractivity contribution in [1.82, 2.24) is 5.32 Å². The molecule has 0 fully saturated rings. The first kappa shape index (κ1) is 15.2. The van der Waals surface area contributed by atoms with E-state index < -0.39 is 0 Å². The molecule has 0 amide bonds. The lowest BCUT2D eigenvalue weighted by Gasteiger charge is -2.12. The summed E-state index contributed by atoms with van der Waals surface area (Å²) in [6.07, 6.45) is 0.108. The lowest BCUT2D eigenvalue weighted by Crippen LogP contribution is -2.15. The fourth-order valence-corrected chi connectivity index (χ4v) is 1.63. The van der Waals surface area contributed by atoms with Gasteiger partial charge >= 0.3 is 0 Å². The zero-order valence-electron chi connectivity index (χ0n) is 11.9. The lowest BCUT2D eigenvalue weighted by molar-refractivity contribution is -0.0120. The van der Waals surface area contributed by atoms with Crippen LogP contribution in [0.5, 0.6) is 0 Å². The summed E-state index contributed by atoms with van der Waals surface area (Å²) in [5.41, 5.74) is 1.12. The third-order valence-electron chi connectivity index (χ3n) is 2.70. The Morgan fingerprint density at radius 1 is 1.39 bits per heavy atom. The fourth-order valence-electron chi connectivity index (χ4n) is 1.63. The molecule has 4 heteroatoms. The lowest BCUT2D eigenvalue weighted by atomic mass is 10.2. The van der Waals surface area contributed by atoms with Crippen molar-refractivity contribution in [2.24, 2.45) is 0 Å². The molecule has 4 nitrogen and oxygen atoms in total. The summed E-state index contributed by atoms with van der Waals surface area (Å²) in [4.78, 5) is 0. The van der Waals surface area contributed by atoms with Crippen molar-refractivity contribution < 1.29 is 13.9 Å². The van der Waals surface area contributed by atoms with Crippen LogP contribution < -0.4 is 5.32 Å². The van der Waals surface area contributed by atoms with Gasteiger partial charge in [0.05, 0.1) is 25.9 Å². The molecule has 1 aromatic rings. The largest absolute Gasteiger partial charge is 0.465 e. The van der Waals surface area contributed by atoms with Crippen molar-refractivity contribution in [3.8, 4) is 0 Å². The number of furan rings is 1. The van der Waals surface area contributed by atoms with Crippen LogP contribution in [0.4, 0.5) is 0 Å². The average Bonchev–Trinajstić information content (AvgIpc) is 2.72. The summed E-state index contributed by atoms with van der Waals surface area (Å²) in [6.45, 7) is 11.7. The molecule has 1 aromatic heterocycles. The van der Waals surface area contributed by atoms with E-state index in [0.717, 1.165) is 36.8 Å². The minimum atomic E-state index is 0.108. The first-order valence-electron chi connectivity index (χ1n) is 6.65. The van der Waals surface area contributed by atoms with Crippen LogP contribution >= 0.6 is 0 Å². The molecule has 0 aromatic carbocycles. The second-order valence-corrected chi connectivity index (χ2v) is 4.36. The van der Waals surface area contributed by atoms with Gasteiger partial charge in [-0.2, -0.15) is 0 Å². The van der Waals surface area contributed by atoms with Crippen molar-refractivity contribution in [2.75, 3.05) is 19.8 Å². The van der Waals surface area contributed by atoms with E-state index in [-0.39, 0.29) is 6.10 Å². The predicted octanol–water partition coefficient (Wildman–Crippen LogP) is 2.64. The molecule has 0 spiro atoms. The van der Waals surface area contributed by atoms with Gasteiger partial charge in [-0.05, 0) is 33.4 Å². The summed E-state index contributed by atoms with van der Waals surface area (Å²) < 4.78 is 16.7. The van der Waals surface area contributed by atoms with Crippen LogP contribution in [0.3, 0.4) is 0 Å². The van der Waals surface area contributed by atoms with Gasteiger partial charge < -0.3 is 19.2 Å². The Bertz CT molecular complexity index is 336. The first-order chi connectivity index (χ1) is 8.67. The van der Waals surface area contributed by atoms with E-state index in [1.807, 2.05) is 20.8 Å². The van der Waals surface area contributed by atoms with Gasteiger partial charge in [0.1, 0.15) is 11.5 Å². The first-order valence-corrected chi connectivity index (χ1v) is 6.65. The summed E-state index contributed by atoms with van der Waals surface area (Å²) in [5, 5.41) is 3.24. The van der Waals surface area contributed by atoms with Crippen LogP contribution in [-0.4, -0.2) is 25.9 Å². The number of rotatable bonds is 9. The Hall–Kier alpha value is -0.840. The minimum absolute atomic E-state index is 0.108. The van der Waals surface area contributed by atoms with Crippen LogP contribution in [0.1, 0.15) is 37.9 Å². The van der Waals surface area contributed by atoms with Crippen LogP contribution in [-0.2, 0) is 22.6 Å². The quantitative estimate of drug-likeness (QED) is 0.736. The van der Waals surface area contributed by atoms with Crippen LogP contribution in [0.2, 0.25) is 0 Å². The van der Waals surface area contributed by atoms with Crippen LogP contribution in [0, 0.1) is 6.92 Å². The monoisotopic (exact) mass is 255 g/mol. The molecule has 0 saturated carbocycles. The van der Waals surface area contributed by atoms with Crippen LogP contribution in [0.25, 0.3) is 0 Å². The molecule has 1 N–H and O–H groups in total. The molecule has 0 aliphatic rings. The summed E-state index contributed by atoms with van der Waals surface area (Å²) in [7, 11) is 0. The number of ether oxygens (including phenoxy) is 2. The zero-order valence-corrected chi connectivity index (χ0v) is 11.9. The van der Waals surface area contributed by atoms with Gasteiger partial charge in [0.25, 0.3) is 0 Å². The van der Waals surface area contributed by atoms with Gasteiger partial charge in [-0.1, -0.05) is 6.92 Å². The van der Waals surface area contributed by atoms with E-state index in [2.05, 4.69) is 18.3 Å². The Balaban J connectivity index is 2.39. The molecule has 1 rings (SSSR count). The SMILES string of the molecule is CCNCc1cc(COC(C)COCC)c(C)o1. The molecule has 0 bridgehead atoms. The molecule has 104 valence electrons. The van der Waals surface area contributed by atoms with Crippen molar-refractivity contribution in [3.05, 3.63) is 23.2 Å². The van der Waals surface area contributed by atoms with Gasteiger partial charge in [-0.3, -0.25) is 0 Å². The summed E-state index contributed by atoms with van der Waals surface area (Å²) in [6, 6.07) is 2.06. The molecular formula is C14H25NO3. The Labute approximate surface area is 110 Å². The third-order valence-corrected chi connectivity index (χ3v) is 2.70. The Morgan fingerprint density at radius 3 is 2.83 bits per heavy atom. The van der Waals surface area contributed by atoms with E-state index in [1.54, 1.807) is 0 Å². The van der Waals surface area contributed by atoms with E-state index >= 15 is 0 Å². The second-order valence-electron chi connectivity index (χ2n) is 4.36. The highest BCUT2D eigenvalue weighted by molar-refractivity contribution is 5.19. The molecule has 0 aliphatic carbocycles. The van der Waals surface area contributed by atoms with Crippen molar-refractivity contribution in [3.63, 3.8) is 0 Å². The molecule has 0 saturated heterocycles. The number of aryl methyl sites for hydroxylation is 1. The third kappa shape index (κ3) is 5.21. The van der Waals surface area contributed by atoms with Gasteiger partial charge in [-0.25, -0.2) is 0 Å². The molecule has 0 radical (unpaired) electrons. The minimum Gasteiger partial charge on any atom is -0.465 e. The second kappa shape index (κ2) is 8.29. The Kier molecular flexibility index (Phi) is 7.01. The molecule has 1 atom stereocenters. The van der Waals surface area contributed by atoms with Gasteiger partial charge in [0.2, 0.25) is 0 Å². The zero-order chi connectivity index (χ0) is 13.4. The van der Waals surface area contributed by atoms with E-state index in [9.17, 15) is 0 Å². The van der Waals surface area contributed by atoms with E-state index in [0.29, 0.717) is 13.2 Å². The van der Waals surface area contributed by atoms with Gasteiger partial charge in [0, 0.05) is 12.2 Å². The van der Waals surface area contributed by atoms with Crippen molar-refractivity contribution in [1.29, 1.82) is 0 Å². The summed E-state index contributed by atoms with van der Waals surface area (Å²) >= 11 is 0. The summed E-state index contributed by atoms with van der Waals surface area (Å²) in [5.74, 6) is 1.90. The number of nitrogens with one attached hydrogen (secondary N) is 1. The average molecular weight is 255 g/mol. The van der Waals surface area contributed by atoms with Gasteiger partial charge in [0.15, 0.2) is 0 Å². The fraction of sp³-hybridized carbons (Fsp3) is 0.714. The Morgan fingerprint density at radius 2 is 2.17 bits per heavy atom. The van der Waals surface area contributed by atoms with E-state index in [4.69, 9.17) is 13.9 Å². The highest BCUT2D eigenvalue weighted by Crippen LogP contribution is 2.16. The molecule has 0 aliphatic heterocycles. The van der Waals surface area contributed by atoms with Crippen molar-refractivity contribution in [2.45, 2.75) is 47.0 Å². The molecule has 18 heavy (non-hydrogen) atoms. The van der Waals surface area contributed by atoms with Crippen molar-refractivity contribution >= 4 is 0 Å². The van der Waals surface area contributed by atoms with Gasteiger partial charge in [-0.15, -0.1) is 0 Å². The standard InChI is InChI=1S/C14H25NO3/c1-5-15-8-14-7-13(12(4)18-14)10-17-11(3)9-16-6-2/h7,11,15H,5-6,8-10H2,1-4H3. The predicted molar refractivity (Wildman–Crippen MR) is 71.6 cm³/mol. The normalized spacial score (nSPS) is 12.9. The maximum atomic E-state index is 5.72. The van der Waals surface area contributed by atoms with Crippen LogP contribution in [0.15, 0.2) is 10.5 Å².